The van der Waals surface area contributed by atoms with Gasteiger partial charge in [-0.1, -0.05) is 31.2 Å². The van der Waals surface area contributed by atoms with Crippen LogP contribution in [0.15, 0.2) is 24.3 Å². The Morgan fingerprint density at radius 2 is 1.80 bits per heavy atom. The third-order valence-corrected chi connectivity index (χ3v) is 3.59. The standard InChI is InChI=1S/C16H26N2O2/c1-5-14-6-8-15(9-7-14)13(2)18(12-16(19)20)11-10-17(3)4/h6-9,13H,5,10-12H2,1-4H3,(H,19,20). The average Bonchev–Trinajstić information content (AvgIpc) is 2.42. The second-order valence-corrected chi connectivity index (χ2v) is 5.44. The van der Waals surface area contributed by atoms with Crippen molar-refractivity contribution in [2.24, 2.45) is 0 Å². The Bertz CT molecular complexity index is 415. The fraction of sp³-hybridized carbons (Fsp3) is 0.562. The first-order valence-corrected chi connectivity index (χ1v) is 7.13. The average molecular weight is 278 g/mol. The van der Waals surface area contributed by atoms with Gasteiger partial charge in [-0.05, 0) is 38.6 Å². The smallest absolute Gasteiger partial charge is 0.317 e. The fourth-order valence-electron chi connectivity index (χ4n) is 2.15. The van der Waals surface area contributed by atoms with Gasteiger partial charge in [0, 0.05) is 19.1 Å². The lowest BCUT2D eigenvalue weighted by atomic mass is 10.0. The molecule has 1 unspecified atom stereocenters. The lowest BCUT2D eigenvalue weighted by Gasteiger charge is -2.29. The van der Waals surface area contributed by atoms with E-state index in [0.717, 1.165) is 19.5 Å². The molecule has 4 heteroatoms. The molecule has 0 amide bonds. The first kappa shape index (κ1) is 16.7. The summed E-state index contributed by atoms with van der Waals surface area (Å²) >= 11 is 0. The van der Waals surface area contributed by atoms with Crippen LogP contribution in [0.3, 0.4) is 0 Å². The Morgan fingerprint density at radius 3 is 2.25 bits per heavy atom. The normalized spacial score (nSPS) is 12.9. The van der Waals surface area contributed by atoms with Gasteiger partial charge < -0.3 is 10.0 Å². The molecule has 0 aliphatic rings. The van der Waals surface area contributed by atoms with Crippen LogP contribution in [-0.4, -0.2) is 54.6 Å². The maximum absolute atomic E-state index is 11.0. The van der Waals surface area contributed by atoms with Crippen LogP contribution in [0.1, 0.15) is 31.0 Å². The van der Waals surface area contributed by atoms with Crippen molar-refractivity contribution in [1.82, 2.24) is 9.80 Å². The summed E-state index contributed by atoms with van der Waals surface area (Å²) in [5.41, 5.74) is 2.47. The number of carboxylic acid groups (broad SMARTS) is 1. The maximum Gasteiger partial charge on any atom is 0.317 e. The van der Waals surface area contributed by atoms with Gasteiger partial charge in [-0.3, -0.25) is 9.69 Å². The summed E-state index contributed by atoms with van der Waals surface area (Å²) in [5, 5.41) is 9.07. The molecule has 0 heterocycles. The van der Waals surface area contributed by atoms with E-state index in [1.165, 1.54) is 11.1 Å². The quantitative estimate of drug-likeness (QED) is 0.792. The van der Waals surface area contributed by atoms with Gasteiger partial charge in [0.15, 0.2) is 0 Å². The minimum absolute atomic E-state index is 0.0739. The topological polar surface area (TPSA) is 43.8 Å². The van der Waals surface area contributed by atoms with Gasteiger partial charge >= 0.3 is 5.97 Å². The van der Waals surface area contributed by atoms with Crippen molar-refractivity contribution >= 4 is 5.97 Å². The lowest BCUT2D eigenvalue weighted by Crippen LogP contribution is -2.37. The number of carbonyl (C=O) groups is 1. The highest BCUT2D eigenvalue weighted by atomic mass is 16.4. The van der Waals surface area contributed by atoms with E-state index < -0.39 is 5.97 Å². The Morgan fingerprint density at radius 1 is 1.20 bits per heavy atom. The molecule has 0 saturated carbocycles. The number of likely N-dealkylation sites (N-methyl/N-ethyl adjacent to an activating group) is 1. The summed E-state index contributed by atoms with van der Waals surface area (Å²) in [6.45, 7) is 5.87. The van der Waals surface area contributed by atoms with Crippen molar-refractivity contribution in [2.45, 2.75) is 26.3 Å². The number of rotatable bonds is 8. The van der Waals surface area contributed by atoms with Gasteiger partial charge in [-0.25, -0.2) is 0 Å². The van der Waals surface area contributed by atoms with Crippen LogP contribution in [0.2, 0.25) is 0 Å². The summed E-state index contributed by atoms with van der Waals surface area (Å²) in [6.07, 6.45) is 1.02. The van der Waals surface area contributed by atoms with E-state index in [9.17, 15) is 4.79 Å². The van der Waals surface area contributed by atoms with Gasteiger partial charge in [0.25, 0.3) is 0 Å². The molecule has 0 saturated heterocycles. The molecular weight excluding hydrogens is 252 g/mol. The molecule has 1 aromatic rings. The molecule has 1 atom stereocenters. The second-order valence-electron chi connectivity index (χ2n) is 5.44. The zero-order chi connectivity index (χ0) is 15.1. The SMILES string of the molecule is CCc1ccc(C(C)N(CCN(C)C)CC(=O)O)cc1. The summed E-state index contributed by atoms with van der Waals surface area (Å²) < 4.78 is 0. The molecule has 1 rings (SSSR count). The molecule has 0 aliphatic carbocycles. The predicted molar refractivity (Wildman–Crippen MR) is 82.0 cm³/mol. The number of carboxylic acids is 1. The molecule has 1 N–H and O–H groups in total. The zero-order valence-electron chi connectivity index (χ0n) is 13.0. The number of aliphatic carboxylic acids is 1. The molecule has 0 aromatic heterocycles. The highest BCUT2D eigenvalue weighted by molar-refractivity contribution is 5.69. The van der Waals surface area contributed by atoms with Crippen molar-refractivity contribution in [3.05, 3.63) is 35.4 Å². The maximum atomic E-state index is 11.0. The second kappa shape index (κ2) is 8.02. The van der Waals surface area contributed by atoms with E-state index in [4.69, 9.17) is 5.11 Å². The highest BCUT2D eigenvalue weighted by Gasteiger charge is 2.18. The predicted octanol–water partition coefficient (Wildman–Crippen LogP) is 2.26. The van der Waals surface area contributed by atoms with Crippen molar-refractivity contribution in [1.29, 1.82) is 0 Å². The summed E-state index contributed by atoms with van der Waals surface area (Å²) in [4.78, 5) is 15.1. The van der Waals surface area contributed by atoms with Crippen LogP contribution in [0.5, 0.6) is 0 Å². The monoisotopic (exact) mass is 278 g/mol. The van der Waals surface area contributed by atoms with Gasteiger partial charge in [0.05, 0.1) is 6.54 Å². The number of aryl methyl sites for hydroxylation is 1. The third kappa shape index (κ3) is 5.31. The van der Waals surface area contributed by atoms with Crippen molar-refractivity contribution in [3.8, 4) is 0 Å². The van der Waals surface area contributed by atoms with Gasteiger partial charge in [-0.15, -0.1) is 0 Å². The van der Waals surface area contributed by atoms with Crippen LogP contribution in [0.25, 0.3) is 0 Å². The van der Waals surface area contributed by atoms with Crippen LogP contribution in [0.4, 0.5) is 0 Å². The minimum atomic E-state index is -0.777. The molecule has 0 fully saturated rings. The van der Waals surface area contributed by atoms with Gasteiger partial charge in [-0.2, -0.15) is 0 Å². The zero-order valence-corrected chi connectivity index (χ0v) is 13.0. The van der Waals surface area contributed by atoms with Crippen LogP contribution in [0, 0.1) is 0 Å². The van der Waals surface area contributed by atoms with E-state index in [2.05, 4.69) is 43.0 Å². The Balaban J connectivity index is 2.78. The van der Waals surface area contributed by atoms with E-state index >= 15 is 0 Å². The van der Waals surface area contributed by atoms with E-state index in [0.29, 0.717) is 0 Å². The number of nitrogens with zero attached hydrogens (tertiary/aromatic N) is 2. The molecule has 0 bridgehead atoms. The summed E-state index contributed by atoms with van der Waals surface area (Å²) in [5.74, 6) is -0.777. The molecule has 0 spiro atoms. The van der Waals surface area contributed by atoms with Crippen LogP contribution >= 0.6 is 0 Å². The largest absolute Gasteiger partial charge is 0.480 e. The Hall–Kier alpha value is -1.39. The minimum Gasteiger partial charge on any atom is -0.480 e. The summed E-state index contributed by atoms with van der Waals surface area (Å²) in [6, 6.07) is 8.56. The van der Waals surface area contributed by atoms with E-state index in [1.807, 2.05) is 19.0 Å². The molecule has 1 aromatic carbocycles. The van der Waals surface area contributed by atoms with Crippen molar-refractivity contribution < 1.29 is 9.90 Å². The lowest BCUT2D eigenvalue weighted by molar-refractivity contribution is -0.138. The third-order valence-electron chi connectivity index (χ3n) is 3.59. The number of hydrogen-bond donors (Lipinski definition) is 1. The molecule has 4 nitrogen and oxygen atoms in total. The first-order valence-electron chi connectivity index (χ1n) is 7.13. The van der Waals surface area contributed by atoms with E-state index in [-0.39, 0.29) is 12.6 Å². The Kier molecular flexibility index (Phi) is 6.68. The molecule has 0 aliphatic heterocycles. The highest BCUT2D eigenvalue weighted by Crippen LogP contribution is 2.20. The Labute approximate surface area is 122 Å². The molecule has 0 radical (unpaired) electrons. The van der Waals surface area contributed by atoms with Gasteiger partial charge in [0.2, 0.25) is 0 Å². The van der Waals surface area contributed by atoms with Crippen LogP contribution in [-0.2, 0) is 11.2 Å². The fourth-order valence-corrected chi connectivity index (χ4v) is 2.15. The van der Waals surface area contributed by atoms with Crippen molar-refractivity contribution in [3.63, 3.8) is 0 Å². The molecule has 112 valence electrons. The van der Waals surface area contributed by atoms with Gasteiger partial charge in [0.1, 0.15) is 0 Å². The van der Waals surface area contributed by atoms with Crippen molar-refractivity contribution in [2.75, 3.05) is 33.7 Å². The first-order chi connectivity index (χ1) is 9.43. The number of benzene rings is 1. The summed E-state index contributed by atoms with van der Waals surface area (Å²) in [7, 11) is 4.00. The molecule has 20 heavy (non-hydrogen) atoms. The molecular formula is C16H26N2O2. The number of hydrogen-bond acceptors (Lipinski definition) is 3. The van der Waals surface area contributed by atoms with E-state index in [1.54, 1.807) is 0 Å². The van der Waals surface area contributed by atoms with Crippen LogP contribution < -0.4 is 0 Å².